The molecule has 0 aliphatic heterocycles. The number of hydrogen-bond acceptors (Lipinski definition) is 2. The zero-order valence-corrected chi connectivity index (χ0v) is 42.1. The van der Waals surface area contributed by atoms with E-state index in [4.69, 9.17) is 9.98 Å². The Kier molecular flexibility index (Phi) is 10.0. The second-order valence-corrected chi connectivity index (χ2v) is 24.6. The van der Waals surface area contributed by atoms with E-state index in [0.717, 1.165) is 11.8 Å². The van der Waals surface area contributed by atoms with Crippen LogP contribution in [0.5, 0.6) is 0 Å². The summed E-state index contributed by atoms with van der Waals surface area (Å²) in [5, 5.41) is 0. The zero-order valence-electron chi connectivity index (χ0n) is 42.1. The van der Waals surface area contributed by atoms with Gasteiger partial charge in [0, 0.05) is 11.4 Å². The van der Waals surface area contributed by atoms with Crippen molar-refractivity contribution in [2.24, 2.45) is 20.8 Å². The SMILES string of the molecule is Cc1cc2c(cc1N(/C=N/CC/N=C/N(c1ccc3c(c1)C(C)(C)C(C)(C)C3(C)C)c1cc3c(cc1C)C1CCC3CC1)c1ccc3c(c1)C(C)(C)C(C)(C)C3(C)C)C1CCC2CC1. The number of benzene rings is 4. The summed E-state index contributed by atoms with van der Waals surface area (Å²) in [5.74, 6) is 2.80. The predicted octanol–water partition coefficient (Wildman–Crippen LogP) is 16.0. The molecule has 4 nitrogen and oxygen atoms in total. The molecule has 64 heavy (non-hydrogen) atoms. The van der Waals surface area contributed by atoms with Crippen molar-refractivity contribution in [3.8, 4) is 0 Å². The van der Waals surface area contributed by atoms with Crippen molar-refractivity contribution < 1.29 is 0 Å². The number of nitrogens with zero attached hydrogens (tertiary/aromatic N) is 4. The van der Waals surface area contributed by atoms with E-state index < -0.39 is 0 Å². The van der Waals surface area contributed by atoms with Crippen molar-refractivity contribution in [2.45, 2.75) is 194 Å². The van der Waals surface area contributed by atoms with Crippen LogP contribution >= 0.6 is 0 Å². The molecule has 8 aliphatic rings. The van der Waals surface area contributed by atoms with Gasteiger partial charge < -0.3 is 9.80 Å². The molecular formula is C60H78N4. The van der Waals surface area contributed by atoms with E-state index in [2.05, 4.69) is 180 Å². The minimum Gasteiger partial charge on any atom is -0.301 e. The number of hydrogen-bond donors (Lipinski definition) is 0. The molecule has 0 unspecified atom stereocenters. The lowest BCUT2D eigenvalue weighted by molar-refractivity contribution is 0.125. The predicted molar refractivity (Wildman–Crippen MR) is 274 cm³/mol. The van der Waals surface area contributed by atoms with Crippen molar-refractivity contribution >= 4 is 35.4 Å². The molecular weight excluding hydrogens is 777 g/mol. The maximum Gasteiger partial charge on any atom is 0.0941 e. The monoisotopic (exact) mass is 855 g/mol. The third-order valence-corrected chi connectivity index (χ3v) is 20.8. The van der Waals surface area contributed by atoms with Crippen molar-refractivity contribution in [2.75, 3.05) is 22.9 Å². The van der Waals surface area contributed by atoms with Gasteiger partial charge in [0.25, 0.3) is 0 Å². The molecule has 0 atom stereocenters. The van der Waals surface area contributed by atoms with Gasteiger partial charge in [-0.2, -0.15) is 0 Å². The van der Waals surface area contributed by atoms with Gasteiger partial charge in [0.05, 0.1) is 37.1 Å². The Morgan fingerprint density at radius 3 is 1.05 bits per heavy atom. The molecule has 0 radical (unpaired) electrons. The van der Waals surface area contributed by atoms with Crippen LogP contribution in [0.4, 0.5) is 22.7 Å². The van der Waals surface area contributed by atoms with E-state index in [9.17, 15) is 0 Å². The fraction of sp³-hybridized carbons (Fsp3) is 0.567. The largest absolute Gasteiger partial charge is 0.301 e. The summed E-state index contributed by atoms with van der Waals surface area (Å²) in [6, 6.07) is 24.7. The highest BCUT2D eigenvalue weighted by Gasteiger charge is 2.58. The summed E-state index contributed by atoms with van der Waals surface area (Å²) in [5.41, 5.74) is 20.3. The Balaban J connectivity index is 0.992. The van der Waals surface area contributed by atoms with Crippen molar-refractivity contribution in [1.29, 1.82) is 0 Å². The van der Waals surface area contributed by atoms with Gasteiger partial charge in [-0.05, 0) is 213 Å². The Morgan fingerprint density at radius 1 is 0.422 bits per heavy atom. The van der Waals surface area contributed by atoms with Gasteiger partial charge >= 0.3 is 0 Å². The van der Waals surface area contributed by atoms with E-state index in [1.54, 1.807) is 22.3 Å². The fourth-order valence-electron chi connectivity index (χ4n) is 14.2. The van der Waals surface area contributed by atoms with Gasteiger partial charge in [0.15, 0.2) is 0 Å². The molecule has 2 fully saturated rings. The van der Waals surface area contributed by atoms with Crippen LogP contribution in [0, 0.1) is 24.7 Å². The smallest absolute Gasteiger partial charge is 0.0941 e. The first-order valence-corrected chi connectivity index (χ1v) is 25.3. The lowest BCUT2D eigenvalue weighted by Gasteiger charge is -2.44. The number of aryl methyl sites for hydroxylation is 2. The molecule has 0 aromatic heterocycles. The molecule has 0 N–H and O–H groups in total. The van der Waals surface area contributed by atoms with Gasteiger partial charge in [-0.3, -0.25) is 9.98 Å². The molecule has 4 heteroatoms. The van der Waals surface area contributed by atoms with Crippen LogP contribution in [0.1, 0.15) is 214 Å². The molecule has 0 saturated heterocycles. The summed E-state index contributed by atoms with van der Waals surface area (Å²) in [4.78, 5) is 15.3. The highest BCUT2D eigenvalue weighted by Crippen LogP contribution is 2.64. The highest BCUT2D eigenvalue weighted by molar-refractivity contribution is 5.93. The molecule has 0 spiro atoms. The van der Waals surface area contributed by atoms with Gasteiger partial charge in [0.2, 0.25) is 0 Å². The second-order valence-electron chi connectivity index (χ2n) is 24.6. The van der Waals surface area contributed by atoms with Crippen molar-refractivity contribution in [1.82, 2.24) is 0 Å². The van der Waals surface area contributed by atoms with Gasteiger partial charge in [-0.15, -0.1) is 0 Å². The fourth-order valence-corrected chi connectivity index (χ4v) is 14.2. The summed E-state index contributed by atoms with van der Waals surface area (Å²) >= 11 is 0. The van der Waals surface area contributed by atoms with E-state index in [1.807, 2.05) is 0 Å². The van der Waals surface area contributed by atoms with Gasteiger partial charge in [0.1, 0.15) is 0 Å². The van der Waals surface area contributed by atoms with Crippen LogP contribution in [-0.2, 0) is 21.7 Å². The minimum atomic E-state index is 0.0201. The molecule has 338 valence electrons. The third-order valence-electron chi connectivity index (χ3n) is 20.8. The van der Waals surface area contributed by atoms with E-state index in [1.165, 1.54) is 107 Å². The number of anilines is 4. The normalized spacial score (nSPS) is 26.5. The van der Waals surface area contributed by atoms with Gasteiger partial charge in [-0.1, -0.05) is 107 Å². The Morgan fingerprint density at radius 2 is 0.719 bits per heavy atom. The summed E-state index contributed by atoms with van der Waals surface area (Å²) in [6.07, 6.45) is 14.9. The molecule has 2 saturated carbocycles. The van der Waals surface area contributed by atoms with Crippen molar-refractivity contribution in [3.05, 3.63) is 116 Å². The van der Waals surface area contributed by atoms with E-state index in [0.29, 0.717) is 24.9 Å². The standard InChI is InChI=1S/C60H78N4/c1-37-29-45-39-15-19-41(20-16-39)47(45)33-53(37)63(43-23-25-49-51(31-43)57(7,8)59(11,12)55(49,3)4)35-61-27-28-62-36-64(54-34-48-42-21-17-40(18-22-42)46(48)30-38(54)2)44-24-26-50-52(32-44)58(9,10)60(13,14)56(50,5)6/h23-26,29-36,39-42H,15-22,27-28H2,1-14H3/b61-35+,62-36+. The lowest BCUT2D eigenvalue weighted by atomic mass is 9.59. The summed E-state index contributed by atoms with van der Waals surface area (Å²) in [7, 11) is 0. The molecule has 8 aliphatic carbocycles. The van der Waals surface area contributed by atoms with Crippen molar-refractivity contribution in [3.63, 3.8) is 0 Å². The number of fused-ring (bicyclic) bond motifs is 6. The molecule has 4 aromatic rings. The Hall–Kier alpha value is -4.18. The third kappa shape index (κ3) is 6.11. The van der Waals surface area contributed by atoms with E-state index >= 15 is 0 Å². The van der Waals surface area contributed by atoms with Crippen LogP contribution in [0.15, 0.2) is 70.6 Å². The van der Waals surface area contributed by atoms with Crippen LogP contribution in [0.2, 0.25) is 0 Å². The maximum absolute atomic E-state index is 5.22. The Bertz CT molecular complexity index is 2400. The lowest BCUT2D eigenvalue weighted by Crippen LogP contribution is -2.42. The topological polar surface area (TPSA) is 31.2 Å². The van der Waals surface area contributed by atoms with Crippen LogP contribution < -0.4 is 9.80 Å². The summed E-state index contributed by atoms with van der Waals surface area (Å²) in [6.45, 7) is 35.2. The van der Waals surface area contributed by atoms with Crippen LogP contribution in [-0.4, -0.2) is 25.8 Å². The molecule has 0 amide bonds. The van der Waals surface area contributed by atoms with E-state index in [-0.39, 0.29) is 32.5 Å². The molecule has 4 bridgehead atoms. The maximum atomic E-state index is 5.22. The summed E-state index contributed by atoms with van der Waals surface area (Å²) < 4.78 is 0. The first-order valence-electron chi connectivity index (χ1n) is 25.3. The highest BCUT2D eigenvalue weighted by atomic mass is 15.2. The average molecular weight is 855 g/mol. The number of aliphatic imine (C=N–C) groups is 2. The minimum absolute atomic E-state index is 0.0201. The zero-order chi connectivity index (χ0) is 45.5. The van der Waals surface area contributed by atoms with Gasteiger partial charge in [-0.25, -0.2) is 0 Å². The molecule has 4 aromatic carbocycles. The second kappa shape index (κ2) is 14.7. The average Bonchev–Trinajstić information content (AvgIpc) is 3.44. The first kappa shape index (κ1) is 43.7. The molecule has 0 heterocycles. The van der Waals surface area contributed by atoms with Crippen LogP contribution in [0.3, 0.4) is 0 Å². The van der Waals surface area contributed by atoms with Crippen LogP contribution in [0.25, 0.3) is 0 Å². The molecule has 12 rings (SSSR count). The Labute approximate surface area is 387 Å². The first-order chi connectivity index (χ1) is 30.1. The number of rotatable bonds is 9. The quantitative estimate of drug-likeness (QED) is 0.0954.